The molecule has 0 bridgehead atoms. The third kappa shape index (κ3) is 5.64. The summed E-state index contributed by atoms with van der Waals surface area (Å²) in [5, 5.41) is 1.27. The standard InChI is InChI=1S/C26H31NO2Si/c1-26(2,3)30(4,5)29-18-12-11-16-23-19-22-15-9-10-17-24(22)27-25(23)28-20-21-13-7-6-8-14-21/h6-10,13-15,17,19H,11,16,20H2,1-5H3. The summed E-state index contributed by atoms with van der Waals surface area (Å²) in [6, 6.07) is 20.5. The van der Waals surface area contributed by atoms with E-state index in [0.29, 0.717) is 18.9 Å². The van der Waals surface area contributed by atoms with Crippen LogP contribution in [0.3, 0.4) is 0 Å². The van der Waals surface area contributed by atoms with Crippen LogP contribution in [-0.2, 0) is 17.5 Å². The minimum absolute atomic E-state index is 0.155. The maximum absolute atomic E-state index is 6.10. The fourth-order valence-corrected chi connectivity index (χ4v) is 3.37. The van der Waals surface area contributed by atoms with Gasteiger partial charge in [0.15, 0.2) is 0 Å². The number of aryl methyl sites for hydroxylation is 1. The number of benzene rings is 2. The Hall–Kier alpha value is -2.77. The van der Waals surface area contributed by atoms with Crippen LogP contribution in [0.4, 0.5) is 0 Å². The molecule has 156 valence electrons. The maximum Gasteiger partial charge on any atom is 0.264 e. The number of hydrogen-bond donors (Lipinski definition) is 0. The van der Waals surface area contributed by atoms with Gasteiger partial charge >= 0.3 is 0 Å². The normalized spacial score (nSPS) is 11.6. The van der Waals surface area contributed by atoms with E-state index in [2.05, 4.69) is 70.2 Å². The van der Waals surface area contributed by atoms with Crippen LogP contribution >= 0.6 is 0 Å². The lowest BCUT2D eigenvalue weighted by molar-refractivity contribution is 0.291. The number of para-hydroxylation sites is 1. The molecule has 0 N–H and O–H groups in total. The van der Waals surface area contributed by atoms with Gasteiger partial charge in [-0.25, -0.2) is 4.98 Å². The Kier molecular flexibility index (Phi) is 6.84. The number of aromatic nitrogens is 1. The lowest BCUT2D eigenvalue weighted by atomic mass is 10.1. The molecule has 0 aliphatic heterocycles. The molecule has 1 heterocycles. The van der Waals surface area contributed by atoms with E-state index >= 15 is 0 Å². The molecule has 0 aliphatic carbocycles. The summed E-state index contributed by atoms with van der Waals surface area (Å²) in [6.07, 6.45) is 4.45. The number of rotatable bonds is 6. The van der Waals surface area contributed by atoms with E-state index in [1.54, 1.807) is 0 Å². The van der Waals surface area contributed by atoms with Crippen molar-refractivity contribution in [2.75, 3.05) is 0 Å². The van der Waals surface area contributed by atoms with Gasteiger partial charge in [-0.2, -0.15) is 0 Å². The number of pyridine rings is 1. The minimum Gasteiger partial charge on any atom is -0.500 e. The molecule has 4 heteroatoms. The van der Waals surface area contributed by atoms with Crippen LogP contribution in [0.1, 0.15) is 38.3 Å². The summed E-state index contributed by atoms with van der Waals surface area (Å²) in [5.41, 5.74) is 3.14. The molecule has 3 aromatic rings. The molecule has 0 unspecified atom stereocenters. The number of ether oxygens (including phenoxy) is 1. The van der Waals surface area contributed by atoms with Crippen LogP contribution < -0.4 is 4.74 Å². The van der Waals surface area contributed by atoms with E-state index in [9.17, 15) is 0 Å². The molecular weight excluding hydrogens is 386 g/mol. The summed E-state index contributed by atoms with van der Waals surface area (Å²) in [7, 11) is -1.84. The van der Waals surface area contributed by atoms with Crippen LogP contribution in [0.15, 0.2) is 60.7 Å². The minimum atomic E-state index is -1.84. The highest BCUT2D eigenvalue weighted by Crippen LogP contribution is 2.36. The first-order valence-corrected chi connectivity index (χ1v) is 13.4. The van der Waals surface area contributed by atoms with Crippen LogP contribution in [0.25, 0.3) is 10.9 Å². The zero-order chi connectivity index (χ0) is 21.6. The molecule has 0 fully saturated rings. The van der Waals surface area contributed by atoms with E-state index < -0.39 is 8.32 Å². The van der Waals surface area contributed by atoms with Crippen molar-refractivity contribution in [1.82, 2.24) is 4.98 Å². The molecule has 0 amide bonds. The Balaban J connectivity index is 1.73. The summed E-state index contributed by atoms with van der Waals surface area (Å²) in [5.74, 6) is 3.88. The molecule has 0 saturated carbocycles. The van der Waals surface area contributed by atoms with Crippen molar-refractivity contribution in [1.29, 1.82) is 0 Å². The Morgan fingerprint density at radius 3 is 2.40 bits per heavy atom. The van der Waals surface area contributed by atoms with Crippen LogP contribution in [0.2, 0.25) is 18.1 Å². The zero-order valence-electron chi connectivity index (χ0n) is 18.7. The van der Waals surface area contributed by atoms with Gasteiger partial charge in [0, 0.05) is 17.4 Å². The average Bonchev–Trinajstić information content (AvgIpc) is 2.71. The lowest BCUT2D eigenvalue weighted by Gasteiger charge is -2.33. The zero-order valence-corrected chi connectivity index (χ0v) is 19.7. The van der Waals surface area contributed by atoms with E-state index in [1.807, 2.05) is 36.4 Å². The first-order valence-electron chi connectivity index (χ1n) is 10.5. The Bertz CT molecular complexity index is 1040. The smallest absolute Gasteiger partial charge is 0.264 e. The van der Waals surface area contributed by atoms with E-state index in [1.165, 1.54) is 0 Å². The van der Waals surface area contributed by atoms with Crippen LogP contribution in [-0.4, -0.2) is 13.3 Å². The summed E-state index contributed by atoms with van der Waals surface area (Å²) < 4.78 is 12.1. The fraction of sp³-hybridized carbons (Fsp3) is 0.346. The molecular formula is C26H31NO2Si. The second-order valence-electron chi connectivity index (χ2n) is 9.06. The predicted octanol–water partition coefficient (Wildman–Crippen LogP) is 6.73. The first-order chi connectivity index (χ1) is 14.3. The van der Waals surface area contributed by atoms with Gasteiger partial charge in [-0.05, 0) is 42.2 Å². The van der Waals surface area contributed by atoms with Crippen molar-refractivity contribution < 1.29 is 9.16 Å². The molecule has 1 aromatic heterocycles. The van der Waals surface area contributed by atoms with Gasteiger partial charge in [-0.3, -0.25) is 0 Å². The van der Waals surface area contributed by atoms with Gasteiger partial charge in [-0.15, -0.1) is 0 Å². The number of hydrogen-bond acceptors (Lipinski definition) is 3. The Labute approximate surface area is 181 Å². The highest BCUT2D eigenvalue weighted by Gasteiger charge is 2.38. The quantitative estimate of drug-likeness (QED) is 0.329. The van der Waals surface area contributed by atoms with Gasteiger partial charge in [0.05, 0.1) is 11.6 Å². The summed E-state index contributed by atoms with van der Waals surface area (Å²) >= 11 is 0. The molecule has 0 radical (unpaired) electrons. The SMILES string of the molecule is CC(C)(C)[Si](C)(C)OC#CCCc1cc2ccccc2nc1OCc1ccccc1. The van der Waals surface area contributed by atoms with Gasteiger partial charge < -0.3 is 9.16 Å². The lowest BCUT2D eigenvalue weighted by Crippen LogP contribution is -2.39. The van der Waals surface area contributed by atoms with Crippen molar-refractivity contribution in [3.05, 3.63) is 71.8 Å². The second-order valence-corrected chi connectivity index (χ2v) is 13.8. The van der Waals surface area contributed by atoms with Crippen molar-refractivity contribution >= 4 is 19.2 Å². The molecule has 0 spiro atoms. The highest BCUT2D eigenvalue weighted by molar-refractivity contribution is 6.74. The van der Waals surface area contributed by atoms with Crippen LogP contribution in [0.5, 0.6) is 5.88 Å². The molecule has 3 nitrogen and oxygen atoms in total. The van der Waals surface area contributed by atoms with Crippen molar-refractivity contribution in [2.45, 2.75) is 58.4 Å². The monoisotopic (exact) mass is 417 g/mol. The van der Waals surface area contributed by atoms with Gasteiger partial charge in [0.1, 0.15) is 6.61 Å². The maximum atomic E-state index is 6.10. The number of nitrogens with zero attached hydrogens (tertiary/aromatic N) is 1. The molecule has 0 aliphatic rings. The molecule has 0 saturated heterocycles. The van der Waals surface area contributed by atoms with Crippen molar-refractivity contribution in [3.8, 4) is 17.9 Å². The van der Waals surface area contributed by atoms with Gasteiger partial charge in [0.25, 0.3) is 8.32 Å². The van der Waals surface area contributed by atoms with Gasteiger partial charge in [-0.1, -0.05) is 75.2 Å². The summed E-state index contributed by atoms with van der Waals surface area (Å²) in [4.78, 5) is 4.77. The largest absolute Gasteiger partial charge is 0.500 e. The number of fused-ring (bicyclic) bond motifs is 1. The van der Waals surface area contributed by atoms with Gasteiger partial charge in [0.2, 0.25) is 5.88 Å². The Morgan fingerprint density at radius 1 is 0.967 bits per heavy atom. The topological polar surface area (TPSA) is 31.4 Å². The molecule has 3 rings (SSSR count). The van der Waals surface area contributed by atoms with Crippen LogP contribution in [0, 0.1) is 12.0 Å². The molecule has 30 heavy (non-hydrogen) atoms. The predicted molar refractivity (Wildman–Crippen MR) is 127 cm³/mol. The Morgan fingerprint density at radius 2 is 1.67 bits per heavy atom. The third-order valence-corrected chi connectivity index (χ3v) is 9.91. The fourth-order valence-electron chi connectivity index (χ4n) is 2.74. The first kappa shape index (κ1) is 21.9. The summed E-state index contributed by atoms with van der Waals surface area (Å²) in [6.45, 7) is 11.6. The second kappa shape index (κ2) is 9.36. The molecule has 0 atom stereocenters. The third-order valence-electron chi connectivity index (χ3n) is 5.69. The highest BCUT2D eigenvalue weighted by atomic mass is 28.4. The average molecular weight is 418 g/mol. The van der Waals surface area contributed by atoms with Crippen molar-refractivity contribution in [2.24, 2.45) is 0 Å². The molecule has 2 aromatic carbocycles. The van der Waals surface area contributed by atoms with E-state index in [-0.39, 0.29) is 5.04 Å². The van der Waals surface area contributed by atoms with Crippen molar-refractivity contribution in [3.63, 3.8) is 0 Å². The van der Waals surface area contributed by atoms with E-state index in [0.717, 1.165) is 28.5 Å². The van der Waals surface area contributed by atoms with E-state index in [4.69, 9.17) is 14.1 Å².